The Balaban J connectivity index is 1.69. The monoisotopic (exact) mass is 413 g/mol. The van der Waals surface area contributed by atoms with Gasteiger partial charge in [0.25, 0.3) is 5.91 Å². The minimum atomic E-state index is -0.593. The van der Waals surface area contributed by atoms with E-state index in [1.807, 2.05) is 18.2 Å². The molecular weight excluding hydrogens is 393 g/mol. The average Bonchev–Trinajstić information content (AvgIpc) is 2.73. The van der Waals surface area contributed by atoms with E-state index in [1.54, 1.807) is 6.07 Å². The molecular formula is C22H21ClFN3O2. The summed E-state index contributed by atoms with van der Waals surface area (Å²) in [6, 6.07) is 11.3. The van der Waals surface area contributed by atoms with Crippen LogP contribution in [0.4, 0.5) is 4.39 Å². The number of benzene rings is 2. The number of carbonyl (C=O) groups is 1. The smallest absolute Gasteiger partial charge is 0.276 e. The highest BCUT2D eigenvalue weighted by Gasteiger charge is 2.28. The Morgan fingerprint density at radius 3 is 2.69 bits per heavy atom. The summed E-state index contributed by atoms with van der Waals surface area (Å²) in [6.45, 7) is 0. The molecule has 1 atom stereocenters. The summed E-state index contributed by atoms with van der Waals surface area (Å²) in [5.74, 6) is -0.908. The Hall–Kier alpha value is -2.73. The van der Waals surface area contributed by atoms with Crippen molar-refractivity contribution >= 4 is 28.4 Å². The lowest BCUT2D eigenvalue weighted by atomic mass is 9.81. The predicted molar refractivity (Wildman–Crippen MR) is 111 cm³/mol. The lowest BCUT2D eigenvalue weighted by Crippen LogP contribution is -2.37. The zero-order chi connectivity index (χ0) is 20.4. The summed E-state index contributed by atoms with van der Waals surface area (Å²) in [6.07, 6.45) is 5.37. The van der Waals surface area contributed by atoms with E-state index in [1.165, 1.54) is 24.6 Å². The molecule has 1 aliphatic rings. The zero-order valence-electron chi connectivity index (χ0n) is 15.8. The SMILES string of the molecule is O=C(NC(c1cccc(Cl)c1)C1CCCCC1)c1n[nH]c2c(F)cccc2c1=O. The van der Waals surface area contributed by atoms with Crippen LogP contribution in [0.5, 0.6) is 0 Å². The Morgan fingerprint density at radius 2 is 1.93 bits per heavy atom. The van der Waals surface area contributed by atoms with Crippen LogP contribution in [0.15, 0.2) is 47.3 Å². The molecule has 0 radical (unpaired) electrons. The maximum atomic E-state index is 13.9. The number of nitrogens with zero attached hydrogens (tertiary/aromatic N) is 1. The van der Waals surface area contributed by atoms with Crippen LogP contribution in [-0.2, 0) is 0 Å². The quantitative estimate of drug-likeness (QED) is 0.647. The first-order chi connectivity index (χ1) is 14.0. The van der Waals surface area contributed by atoms with E-state index in [0.717, 1.165) is 31.2 Å². The molecule has 1 saturated carbocycles. The van der Waals surface area contributed by atoms with Gasteiger partial charge in [-0.2, -0.15) is 5.10 Å². The van der Waals surface area contributed by atoms with E-state index in [0.29, 0.717) is 5.02 Å². The van der Waals surface area contributed by atoms with Crippen molar-refractivity contribution in [2.24, 2.45) is 5.92 Å². The summed E-state index contributed by atoms with van der Waals surface area (Å²) in [7, 11) is 0. The van der Waals surface area contributed by atoms with Gasteiger partial charge in [-0.1, -0.05) is 49.1 Å². The number of hydrogen-bond donors (Lipinski definition) is 2. The highest BCUT2D eigenvalue weighted by atomic mass is 35.5. The van der Waals surface area contributed by atoms with Crippen LogP contribution in [0.1, 0.15) is 54.2 Å². The summed E-state index contributed by atoms with van der Waals surface area (Å²) in [5, 5.41) is 10.0. The largest absolute Gasteiger partial charge is 0.343 e. The van der Waals surface area contributed by atoms with E-state index >= 15 is 0 Å². The first-order valence-corrected chi connectivity index (χ1v) is 10.2. The topological polar surface area (TPSA) is 74.8 Å². The number of H-pyrrole nitrogens is 1. The van der Waals surface area contributed by atoms with Gasteiger partial charge in [0, 0.05) is 5.02 Å². The van der Waals surface area contributed by atoms with Crippen molar-refractivity contribution in [3.05, 3.63) is 74.8 Å². The highest BCUT2D eigenvalue weighted by molar-refractivity contribution is 6.30. The van der Waals surface area contributed by atoms with Gasteiger partial charge >= 0.3 is 0 Å². The van der Waals surface area contributed by atoms with Crippen molar-refractivity contribution in [1.29, 1.82) is 0 Å². The first-order valence-electron chi connectivity index (χ1n) is 9.78. The lowest BCUT2D eigenvalue weighted by Gasteiger charge is -2.31. The van der Waals surface area contributed by atoms with Crippen LogP contribution in [0.25, 0.3) is 10.9 Å². The number of carbonyl (C=O) groups excluding carboxylic acids is 1. The number of aromatic nitrogens is 2. The van der Waals surface area contributed by atoms with Gasteiger partial charge < -0.3 is 5.32 Å². The molecule has 1 fully saturated rings. The van der Waals surface area contributed by atoms with E-state index in [4.69, 9.17) is 11.6 Å². The number of aromatic amines is 1. The zero-order valence-corrected chi connectivity index (χ0v) is 16.5. The Labute approximate surface area is 172 Å². The normalized spacial score (nSPS) is 15.9. The van der Waals surface area contributed by atoms with Crippen molar-refractivity contribution in [2.75, 3.05) is 0 Å². The fourth-order valence-electron chi connectivity index (χ4n) is 4.12. The predicted octanol–water partition coefficient (Wildman–Crippen LogP) is 4.77. The van der Waals surface area contributed by atoms with Crippen LogP contribution < -0.4 is 10.7 Å². The number of rotatable bonds is 4. The molecule has 2 aromatic carbocycles. The fraction of sp³-hybridized carbons (Fsp3) is 0.318. The minimum absolute atomic E-state index is 0.00674. The second-order valence-electron chi connectivity index (χ2n) is 7.47. The van der Waals surface area contributed by atoms with Crippen molar-refractivity contribution in [2.45, 2.75) is 38.1 Å². The van der Waals surface area contributed by atoms with E-state index in [2.05, 4.69) is 15.5 Å². The van der Waals surface area contributed by atoms with Crippen LogP contribution in [-0.4, -0.2) is 16.1 Å². The molecule has 0 saturated heterocycles. The second-order valence-corrected chi connectivity index (χ2v) is 7.90. The van der Waals surface area contributed by atoms with Crippen molar-refractivity contribution < 1.29 is 9.18 Å². The van der Waals surface area contributed by atoms with Gasteiger partial charge in [-0.15, -0.1) is 0 Å². The Morgan fingerprint density at radius 1 is 1.17 bits per heavy atom. The third-order valence-corrected chi connectivity index (χ3v) is 5.82. The number of fused-ring (bicyclic) bond motifs is 1. The molecule has 7 heteroatoms. The molecule has 4 rings (SSSR count). The van der Waals surface area contributed by atoms with Crippen LogP contribution in [0.2, 0.25) is 5.02 Å². The molecule has 1 aromatic heterocycles. The van der Waals surface area contributed by atoms with Crippen molar-refractivity contribution in [1.82, 2.24) is 15.5 Å². The summed E-state index contributed by atoms with van der Waals surface area (Å²) >= 11 is 6.17. The molecule has 3 aromatic rings. The van der Waals surface area contributed by atoms with E-state index in [9.17, 15) is 14.0 Å². The second kappa shape index (κ2) is 8.33. The molecule has 0 bridgehead atoms. The molecule has 29 heavy (non-hydrogen) atoms. The number of amides is 1. The molecule has 1 aliphatic carbocycles. The fourth-order valence-corrected chi connectivity index (χ4v) is 4.32. The highest BCUT2D eigenvalue weighted by Crippen LogP contribution is 2.35. The number of hydrogen-bond acceptors (Lipinski definition) is 3. The maximum absolute atomic E-state index is 13.9. The van der Waals surface area contributed by atoms with Crippen LogP contribution >= 0.6 is 11.6 Å². The van der Waals surface area contributed by atoms with Gasteiger partial charge in [0.2, 0.25) is 5.43 Å². The summed E-state index contributed by atoms with van der Waals surface area (Å²) in [5.41, 5.74) is 0.0314. The van der Waals surface area contributed by atoms with Crippen molar-refractivity contribution in [3.8, 4) is 0 Å². The molecule has 1 amide bonds. The lowest BCUT2D eigenvalue weighted by molar-refractivity contribution is 0.0905. The molecule has 5 nitrogen and oxygen atoms in total. The number of nitrogens with one attached hydrogen (secondary N) is 2. The third-order valence-electron chi connectivity index (χ3n) is 5.58. The van der Waals surface area contributed by atoms with Gasteiger partial charge in [-0.05, 0) is 48.6 Å². The van der Waals surface area contributed by atoms with Crippen LogP contribution in [0, 0.1) is 11.7 Å². The Kier molecular flexibility index (Phi) is 5.62. The van der Waals surface area contributed by atoms with Gasteiger partial charge in [0.1, 0.15) is 11.3 Å². The summed E-state index contributed by atoms with van der Waals surface area (Å²) in [4.78, 5) is 25.7. The average molecular weight is 414 g/mol. The molecule has 0 aliphatic heterocycles. The number of halogens is 2. The molecule has 0 spiro atoms. The number of para-hydroxylation sites is 1. The standard InChI is InChI=1S/C22H21ClFN3O2/c23-15-9-4-8-14(12-15)18(13-6-2-1-3-7-13)25-22(29)20-21(28)16-10-5-11-17(24)19(16)26-27-20/h4-5,8-13,18H,1-3,6-7H2,(H,25,29)(H,26,28). The third kappa shape index (κ3) is 4.03. The van der Waals surface area contributed by atoms with Crippen LogP contribution in [0.3, 0.4) is 0 Å². The first kappa shape index (κ1) is 19.6. The Bertz CT molecular complexity index is 1110. The molecule has 150 valence electrons. The molecule has 2 N–H and O–H groups in total. The van der Waals surface area contributed by atoms with Gasteiger partial charge in [-0.3, -0.25) is 14.7 Å². The van der Waals surface area contributed by atoms with Crippen molar-refractivity contribution in [3.63, 3.8) is 0 Å². The molecule has 1 heterocycles. The van der Waals surface area contributed by atoms with Gasteiger partial charge in [0.15, 0.2) is 5.69 Å². The molecule has 1 unspecified atom stereocenters. The maximum Gasteiger partial charge on any atom is 0.276 e. The van der Waals surface area contributed by atoms with E-state index < -0.39 is 17.2 Å². The summed E-state index contributed by atoms with van der Waals surface area (Å²) < 4.78 is 13.9. The van der Waals surface area contributed by atoms with E-state index in [-0.39, 0.29) is 28.6 Å². The van der Waals surface area contributed by atoms with Gasteiger partial charge in [-0.25, -0.2) is 4.39 Å². The van der Waals surface area contributed by atoms with Gasteiger partial charge in [0.05, 0.1) is 11.4 Å². The minimum Gasteiger partial charge on any atom is -0.343 e.